The Labute approximate surface area is 268 Å². The molecule has 5 rings (SSSR count). The lowest BCUT2D eigenvalue weighted by Crippen LogP contribution is -2.52. The summed E-state index contributed by atoms with van der Waals surface area (Å²) in [7, 11) is -3.74. The number of amides is 2. The first kappa shape index (κ1) is 31.8. The fourth-order valence-electron chi connectivity index (χ4n) is 5.55. The van der Waals surface area contributed by atoms with Gasteiger partial charge < -0.3 is 10.2 Å². The Kier molecular flexibility index (Phi) is 9.83. The van der Waals surface area contributed by atoms with Crippen molar-refractivity contribution in [1.82, 2.24) is 10.2 Å². The minimum atomic E-state index is -3.74. The van der Waals surface area contributed by atoms with Crippen molar-refractivity contribution in [3.05, 3.63) is 106 Å². The number of nitrogens with zero attached hydrogens (tertiary/aromatic N) is 2. The lowest BCUT2D eigenvalue weighted by Gasteiger charge is -2.32. The molecule has 10 heteroatoms. The van der Waals surface area contributed by atoms with E-state index in [1.54, 1.807) is 41.3 Å². The second kappa shape index (κ2) is 13.6. The molecule has 0 bridgehead atoms. The van der Waals surface area contributed by atoms with E-state index in [4.69, 9.17) is 23.2 Å². The van der Waals surface area contributed by atoms with Crippen LogP contribution < -0.4 is 9.62 Å². The van der Waals surface area contributed by atoms with Crippen molar-refractivity contribution in [3.63, 3.8) is 0 Å². The van der Waals surface area contributed by atoms with Crippen LogP contribution in [0.3, 0.4) is 0 Å². The van der Waals surface area contributed by atoms with Crippen LogP contribution in [0, 0.1) is 0 Å². The molecule has 7 nitrogen and oxygen atoms in total. The average Bonchev–Trinajstić information content (AvgIpc) is 3.24. The van der Waals surface area contributed by atoms with Crippen LogP contribution in [0.1, 0.15) is 44.2 Å². The van der Waals surface area contributed by atoms with Gasteiger partial charge in [0.25, 0.3) is 10.0 Å². The first-order valence-corrected chi connectivity index (χ1v) is 16.9. The zero-order chi connectivity index (χ0) is 31.4. The third-order valence-electron chi connectivity index (χ3n) is 8.04. The number of hydrogen-bond acceptors (Lipinski definition) is 4. The van der Waals surface area contributed by atoms with E-state index in [1.165, 1.54) is 4.31 Å². The van der Waals surface area contributed by atoms with Gasteiger partial charge in [0.2, 0.25) is 11.8 Å². The molecule has 0 radical (unpaired) electrons. The first-order chi connectivity index (χ1) is 21.1. The van der Waals surface area contributed by atoms with Crippen molar-refractivity contribution in [1.29, 1.82) is 0 Å². The molecule has 0 saturated carbocycles. The lowest BCUT2D eigenvalue weighted by atomic mass is 10.0. The van der Waals surface area contributed by atoms with Crippen molar-refractivity contribution < 1.29 is 18.0 Å². The van der Waals surface area contributed by atoms with Gasteiger partial charge in [-0.05, 0) is 60.5 Å². The van der Waals surface area contributed by atoms with Gasteiger partial charge in [0, 0.05) is 37.4 Å². The van der Waals surface area contributed by atoms with E-state index in [0.29, 0.717) is 27.5 Å². The quantitative estimate of drug-likeness (QED) is 0.179. The summed E-state index contributed by atoms with van der Waals surface area (Å²) < 4.78 is 28.3. The van der Waals surface area contributed by atoms with Crippen LogP contribution >= 0.6 is 23.2 Å². The molecule has 1 aliphatic heterocycles. The second-order valence-electron chi connectivity index (χ2n) is 11.1. The molecule has 2 amide bonds. The molecule has 0 saturated heterocycles. The third-order valence-corrected chi connectivity index (χ3v) is 10.6. The van der Waals surface area contributed by atoms with Crippen LogP contribution in [-0.4, -0.2) is 43.8 Å². The summed E-state index contributed by atoms with van der Waals surface area (Å²) in [5.74, 6) is -0.510. The smallest absolute Gasteiger partial charge is 0.265 e. The number of nitrogens with one attached hydrogen (secondary N) is 1. The predicted molar refractivity (Wildman–Crippen MR) is 177 cm³/mol. The van der Waals surface area contributed by atoms with Gasteiger partial charge in [-0.25, -0.2) is 8.42 Å². The Morgan fingerprint density at radius 1 is 0.909 bits per heavy atom. The molecule has 1 heterocycles. The summed E-state index contributed by atoms with van der Waals surface area (Å²) in [6, 6.07) is 24.6. The highest BCUT2D eigenvalue weighted by molar-refractivity contribution is 7.93. The predicted octanol–water partition coefficient (Wildman–Crippen LogP) is 6.99. The van der Waals surface area contributed by atoms with Gasteiger partial charge in [-0.3, -0.25) is 13.9 Å². The number of hydrogen-bond donors (Lipinski definition) is 1. The van der Waals surface area contributed by atoms with Crippen molar-refractivity contribution in [2.75, 3.05) is 10.8 Å². The Morgan fingerprint density at radius 3 is 2.34 bits per heavy atom. The van der Waals surface area contributed by atoms with Crippen LogP contribution in [0.5, 0.6) is 0 Å². The van der Waals surface area contributed by atoms with Gasteiger partial charge >= 0.3 is 0 Å². The molecule has 0 aromatic heterocycles. The van der Waals surface area contributed by atoms with Gasteiger partial charge in [-0.15, -0.1) is 0 Å². The van der Waals surface area contributed by atoms with Crippen molar-refractivity contribution in [2.45, 2.75) is 63.1 Å². The molecule has 0 unspecified atom stereocenters. The van der Waals surface area contributed by atoms with E-state index in [-0.39, 0.29) is 48.7 Å². The summed E-state index contributed by atoms with van der Waals surface area (Å²) in [6.45, 7) is 4.18. The third kappa shape index (κ3) is 6.72. The SMILES string of the molecule is CC[C@H](C)NC(=O)[C@H](Cc1ccccc1)N(Cc1ccc(Cl)c(Cl)c1)C(=O)CCCN1c2cccc3cccc(c23)S1(=O)=O. The number of benzene rings is 4. The number of sulfonamides is 1. The minimum absolute atomic E-state index is 0.0432. The standard InChI is InChI=1S/C34H35Cl2N3O4S/c1-3-23(2)37-34(41)30(21-24-10-5-4-6-11-24)38(22-25-17-18-27(35)28(36)20-25)32(40)16-9-19-39-29-14-7-12-26-13-8-15-31(33(26)29)44(39,42)43/h4-8,10-15,17-18,20,23,30H,3,9,16,19,21-22H2,1-2H3,(H,37,41)/t23-,30-/m0/s1. The Bertz CT molecular complexity index is 1780. The monoisotopic (exact) mass is 651 g/mol. The summed E-state index contributed by atoms with van der Waals surface area (Å²) >= 11 is 12.5. The lowest BCUT2D eigenvalue weighted by molar-refractivity contribution is -0.141. The normalized spacial score (nSPS) is 14.8. The fraction of sp³-hybridized carbons (Fsp3) is 0.294. The van der Waals surface area contributed by atoms with Crippen molar-refractivity contribution in [3.8, 4) is 0 Å². The van der Waals surface area contributed by atoms with Gasteiger partial charge in [0.1, 0.15) is 6.04 Å². The maximum Gasteiger partial charge on any atom is 0.265 e. The molecule has 2 atom stereocenters. The molecule has 4 aromatic rings. The van der Waals surface area contributed by atoms with Crippen LogP contribution in [0.2, 0.25) is 10.0 Å². The van der Waals surface area contributed by atoms with E-state index in [1.807, 2.05) is 62.4 Å². The highest BCUT2D eigenvalue weighted by atomic mass is 35.5. The van der Waals surface area contributed by atoms with E-state index in [2.05, 4.69) is 5.32 Å². The molecule has 0 aliphatic carbocycles. The molecule has 4 aromatic carbocycles. The largest absolute Gasteiger partial charge is 0.352 e. The van der Waals surface area contributed by atoms with E-state index in [0.717, 1.165) is 22.9 Å². The molecule has 0 fully saturated rings. The molecule has 230 valence electrons. The zero-order valence-corrected chi connectivity index (χ0v) is 27.0. The zero-order valence-electron chi connectivity index (χ0n) is 24.7. The topological polar surface area (TPSA) is 86.8 Å². The number of carbonyl (C=O) groups is 2. The summed E-state index contributed by atoms with van der Waals surface area (Å²) in [4.78, 5) is 29.7. The molecule has 1 N–H and O–H groups in total. The van der Waals surface area contributed by atoms with Gasteiger partial charge in [0.15, 0.2) is 0 Å². The Morgan fingerprint density at radius 2 is 1.64 bits per heavy atom. The van der Waals surface area contributed by atoms with Crippen LogP contribution in [0.15, 0.2) is 89.8 Å². The van der Waals surface area contributed by atoms with E-state index in [9.17, 15) is 18.0 Å². The molecular formula is C34H35Cl2N3O4S. The number of carbonyl (C=O) groups excluding carboxylic acids is 2. The molecule has 1 aliphatic rings. The maximum atomic E-state index is 14.1. The van der Waals surface area contributed by atoms with Crippen LogP contribution in [0.25, 0.3) is 10.8 Å². The summed E-state index contributed by atoms with van der Waals surface area (Å²) in [5.41, 5.74) is 2.26. The van der Waals surface area contributed by atoms with Crippen LogP contribution in [0.4, 0.5) is 5.69 Å². The van der Waals surface area contributed by atoms with E-state index < -0.39 is 16.1 Å². The van der Waals surface area contributed by atoms with Gasteiger partial charge in [-0.2, -0.15) is 0 Å². The average molecular weight is 653 g/mol. The highest BCUT2D eigenvalue weighted by Crippen LogP contribution is 2.42. The number of halogens is 2. The second-order valence-corrected chi connectivity index (χ2v) is 13.8. The number of rotatable bonds is 12. The van der Waals surface area contributed by atoms with E-state index >= 15 is 0 Å². The Hall–Kier alpha value is -3.59. The summed E-state index contributed by atoms with van der Waals surface area (Å²) in [6.07, 6.45) is 1.37. The van der Waals surface area contributed by atoms with Crippen molar-refractivity contribution >= 4 is 61.5 Å². The minimum Gasteiger partial charge on any atom is -0.352 e. The van der Waals surface area contributed by atoms with Gasteiger partial charge in [-0.1, -0.05) is 90.8 Å². The maximum absolute atomic E-state index is 14.1. The van der Waals surface area contributed by atoms with Crippen LogP contribution in [-0.2, 0) is 32.6 Å². The molecule has 44 heavy (non-hydrogen) atoms. The van der Waals surface area contributed by atoms with Crippen molar-refractivity contribution in [2.24, 2.45) is 0 Å². The highest BCUT2D eigenvalue weighted by Gasteiger charge is 2.36. The Balaban J connectivity index is 1.41. The van der Waals surface area contributed by atoms with Gasteiger partial charge in [0.05, 0.1) is 20.6 Å². The fourth-order valence-corrected chi connectivity index (χ4v) is 7.62. The summed E-state index contributed by atoms with van der Waals surface area (Å²) in [5, 5.41) is 5.36. The number of anilines is 1. The molecule has 0 spiro atoms. The molecular weight excluding hydrogens is 617 g/mol. The first-order valence-electron chi connectivity index (χ1n) is 14.7.